The first-order chi connectivity index (χ1) is 11.8. The number of benzene rings is 3. The van der Waals surface area contributed by atoms with Crippen LogP contribution < -0.4 is 0 Å². The summed E-state index contributed by atoms with van der Waals surface area (Å²) in [6.45, 7) is 0. The molecule has 24 heavy (non-hydrogen) atoms. The highest BCUT2D eigenvalue weighted by molar-refractivity contribution is 7.91. The minimum atomic E-state index is -1.25. The summed E-state index contributed by atoms with van der Waals surface area (Å²) in [6, 6.07) is 27.6. The fourth-order valence-corrected chi connectivity index (χ4v) is 4.03. The minimum Gasteiger partial charge on any atom is -0.606 e. The third kappa shape index (κ3) is 2.80. The van der Waals surface area contributed by atoms with Crippen molar-refractivity contribution in [1.29, 1.82) is 0 Å². The van der Waals surface area contributed by atoms with Gasteiger partial charge in [0.2, 0.25) is 0 Å². The quantitative estimate of drug-likeness (QED) is 0.492. The Labute approximate surface area is 144 Å². The van der Waals surface area contributed by atoms with Crippen LogP contribution in [-0.4, -0.2) is 9.54 Å². The number of hydrogen-bond donors (Lipinski definition) is 0. The Morgan fingerprint density at radius 2 is 1.46 bits per heavy atom. The van der Waals surface area contributed by atoms with E-state index in [1.54, 1.807) is 6.20 Å². The van der Waals surface area contributed by atoms with Gasteiger partial charge >= 0.3 is 0 Å². The van der Waals surface area contributed by atoms with Gasteiger partial charge < -0.3 is 4.55 Å². The lowest BCUT2D eigenvalue weighted by molar-refractivity contribution is 0.595. The van der Waals surface area contributed by atoms with Crippen molar-refractivity contribution in [1.82, 2.24) is 4.98 Å². The number of aromatic nitrogens is 1. The zero-order chi connectivity index (χ0) is 16.4. The van der Waals surface area contributed by atoms with Gasteiger partial charge in [0.25, 0.3) is 0 Å². The molecule has 0 aliphatic rings. The van der Waals surface area contributed by atoms with Crippen LogP contribution in [0.3, 0.4) is 0 Å². The average Bonchev–Trinajstić information content (AvgIpc) is 2.68. The third-order valence-corrected chi connectivity index (χ3v) is 5.40. The van der Waals surface area contributed by atoms with E-state index in [1.165, 1.54) is 0 Å². The molecule has 0 saturated heterocycles. The molecule has 0 spiro atoms. The van der Waals surface area contributed by atoms with Crippen molar-refractivity contribution in [3.05, 3.63) is 91.1 Å². The lowest BCUT2D eigenvalue weighted by Gasteiger charge is -2.14. The maximum Gasteiger partial charge on any atom is 0.167 e. The van der Waals surface area contributed by atoms with E-state index in [1.807, 2.05) is 78.9 Å². The van der Waals surface area contributed by atoms with E-state index in [4.69, 9.17) is 0 Å². The largest absolute Gasteiger partial charge is 0.606 e. The Hall–Kier alpha value is -2.62. The molecule has 1 aromatic heterocycles. The molecule has 2 nitrogen and oxygen atoms in total. The molecule has 1 heterocycles. The predicted octanol–water partition coefficient (Wildman–Crippen LogP) is 5.07. The summed E-state index contributed by atoms with van der Waals surface area (Å²) in [5.74, 6) is 0. The summed E-state index contributed by atoms with van der Waals surface area (Å²) in [7, 11) is 0. The van der Waals surface area contributed by atoms with Gasteiger partial charge in [-0.3, -0.25) is 4.98 Å². The van der Waals surface area contributed by atoms with Crippen molar-refractivity contribution in [3.63, 3.8) is 0 Å². The third-order valence-electron chi connectivity index (χ3n) is 3.96. The Balaban J connectivity index is 1.80. The first-order valence-corrected chi connectivity index (χ1v) is 8.89. The smallest absolute Gasteiger partial charge is 0.167 e. The number of nitrogens with zero attached hydrogens (tertiary/aromatic N) is 1. The van der Waals surface area contributed by atoms with Gasteiger partial charge in [-0.25, -0.2) is 0 Å². The second-order valence-electron chi connectivity index (χ2n) is 5.49. The first kappa shape index (κ1) is 14.9. The SMILES string of the molecule is [O-][S+](c1ccc2ccccc2c1)c1ccccc1-c1ccccn1. The van der Waals surface area contributed by atoms with Gasteiger partial charge in [-0.05, 0) is 47.2 Å². The molecule has 4 aromatic rings. The molecule has 116 valence electrons. The van der Waals surface area contributed by atoms with Crippen molar-refractivity contribution >= 4 is 21.9 Å². The van der Waals surface area contributed by atoms with Crippen LogP contribution in [0.2, 0.25) is 0 Å². The normalized spacial score (nSPS) is 12.2. The van der Waals surface area contributed by atoms with E-state index in [2.05, 4.69) is 11.1 Å². The number of rotatable bonds is 3. The van der Waals surface area contributed by atoms with E-state index in [0.717, 1.165) is 31.8 Å². The lowest BCUT2D eigenvalue weighted by Crippen LogP contribution is -2.04. The van der Waals surface area contributed by atoms with E-state index in [0.29, 0.717) is 0 Å². The molecule has 0 fully saturated rings. The summed E-state index contributed by atoms with van der Waals surface area (Å²) in [6.07, 6.45) is 1.76. The number of fused-ring (bicyclic) bond motifs is 1. The van der Waals surface area contributed by atoms with Crippen LogP contribution in [0.15, 0.2) is 101 Å². The maximum atomic E-state index is 13.2. The van der Waals surface area contributed by atoms with Gasteiger partial charge in [0.15, 0.2) is 9.79 Å². The fraction of sp³-hybridized carbons (Fsp3) is 0. The topological polar surface area (TPSA) is 36.0 Å². The molecule has 1 unspecified atom stereocenters. The Kier molecular flexibility index (Phi) is 4.03. The zero-order valence-corrected chi connectivity index (χ0v) is 13.7. The second kappa shape index (κ2) is 6.48. The average molecular weight is 329 g/mol. The minimum absolute atomic E-state index is 0.784. The van der Waals surface area contributed by atoms with Crippen LogP contribution in [0.5, 0.6) is 0 Å². The monoisotopic (exact) mass is 329 g/mol. The Morgan fingerprint density at radius 1 is 0.708 bits per heavy atom. The summed E-state index contributed by atoms with van der Waals surface area (Å²) < 4.78 is 13.2. The van der Waals surface area contributed by atoms with Gasteiger partial charge in [0, 0.05) is 23.4 Å². The van der Waals surface area contributed by atoms with Crippen LogP contribution in [-0.2, 0) is 11.2 Å². The van der Waals surface area contributed by atoms with Crippen LogP contribution in [0.4, 0.5) is 0 Å². The van der Waals surface area contributed by atoms with Crippen molar-refractivity contribution in [2.45, 2.75) is 9.79 Å². The highest BCUT2D eigenvalue weighted by atomic mass is 32.2. The second-order valence-corrected chi connectivity index (χ2v) is 6.94. The van der Waals surface area contributed by atoms with Crippen LogP contribution in [0.25, 0.3) is 22.0 Å². The highest BCUT2D eigenvalue weighted by Gasteiger charge is 2.20. The molecule has 0 N–H and O–H groups in total. The first-order valence-electron chi connectivity index (χ1n) is 7.74. The molecule has 3 heteroatoms. The Morgan fingerprint density at radius 3 is 2.29 bits per heavy atom. The Bertz CT molecular complexity index is 985. The standard InChI is InChI=1S/C21H15NOS/c23-24(18-13-12-16-7-1-2-8-17(16)15-18)21-11-4-3-9-19(21)20-10-5-6-14-22-20/h1-15H. The van der Waals surface area contributed by atoms with Crippen LogP contribution in [0.1, 0.15) is 0 Å². The summed E-state index contributed by atoms with van der Waals surface area (Å²) in [5.41, 5.74) is 1.74. The molecule has 0 aliphatic heterocycles. The lowest BCUT2D eigenvalue weighted by atomic mass is 10.1. The summed E-state index contributed by atoms with van der Waals surface area (Å²) in [4.78, 5) is 5.99. The summed E-state index contributed by atoms with van der Waals surface area (Å²) >= 11 is -1.25. The molecule has 0 bridgehead atoms. The highest BCUT2D eigenvalue weighted by Crippen LogP contribution is 2.31. The molecule has 4 rings (SSSR count). The molecule has 0 radical (unpaired) electrons. The molecule has 0 amide bonds. The van der Waals surface area contributed by atoms with Crippen molar-refractivity contribution in [3.8, 4) is 11.3 Å². The molecule has 1 atom stereocenters. The summed E-state index contributed by atoms with van der Waals surface area (Å²) in [5, 5.41) is 2.25. The van der Waals surface area contributed by atoms with Gasteiger partial charge in [0.05, 0.1) is 11.3 Å². The number of hydrogen-bond acceptors (Lipinski definition) is 2. The van der Waals surface area contributed by atoms with Crippen LogP contribution in [0, 0.1) is 0 Å². The van der Waals surface area contributed by atoms with Gasteiger partial charge in [-0.1, -0.05) is 42.5 Å². The molecule has 0 saturated carbocycles. The van der Waals surface area contributed by atoms with Gasteiger partial charge in [0.1, 0.15) is 0 Å². The van der Waals surface area contributed by atoms with Crippen molar-refractivity contribution < 1.29 is 4.55 Å². The van der Waals surface area contributed by atoms with E-state index in [-0.39, 0.29) is 0 Å². The van der Waals surface area contributed by atoms with E-state index < -0.39 is 11.2 Å². The van der Waals surface area contributed by atoms with E-state index in [9.17, 15) is 4.55 Å². The van der Waals surface area contributed by atoms with Gasteiger partial charge in [-0.2, -0.15) is 0 Å². The number of pyridine rings is 1. The van der Waals surface area contributed by atoms with Crippen LogP contribution >= 0.6 is 0 Å². The molecular formula is C21H15NOS. The molecule has 3 aromatic carbocycles. The fourth-order valence-electron chi connectivity index (χ4n) is 2.77. The van der Waals surface area contributed by atoms with Crippen molar-refractivity contribution in [2.75, 3.05) is 0 Å². The van der Waals surface area contributed by atoms with E-state index >= 15 is 0 Å². The molecular weight excluding hydrogens is 314 g/mol. The predicted molar refractivity (Wildman–Crippen MR) is 98.3 cm³/mol. The maximum absolute atomic E-state index is 13.2. The van der Waals surface area contributed by atoms with Gasteiger partial charge in [-0.15, -0.1) is 0 Å². The zero-order valence-electron chi connectivity index (χ0n) is 12.9. The van der Waals surface area contributed by atoms with Crippen molar-refractivity contribution in [2.24, 2.45) is 0 Å². The molecule has 0 aliphatic carbocycles.